The predicted octanol–water partition coefficient (Wildman–Crippen LogP) is 1.10. The molecule has 1 aromatic carbocycles. The summed E-state index contributed by atoms with van der Waals surface area (Å²) in [5.74, 6) is -1.36. The van der Waals surface area contributed by atoms with Crippen LogP contribution in [-0.4, -0.2) is 60.1 Å². The molecule has 8 nitrogen and oxygen atoms in total. The van der Waals surface area contributed by atoms with Crippen LogP contribution in [0.4, 0.5) is 0 Å². The lowest BCUT2D eigenvalue weighted by Crippen LogP contribution is -2.57. The van der Waals surface area contributed by atoms with Gasteiger partial charge in [-0.05, 0) is 50.3 Å². The molecule has 2 aliphatic rings. The molecule has 3 N–H and O–H groups in total. The Hall–Kier alpha value is -2.74. The number of likely N-dealkylation sites (N-methyl/N-ethyl adjacent to an activating group) is 1. The van der Waals surface area contributed by atoms with E-state index in [4.69, 9.17) is 0 Å². The summed E-state index contributed by atoms with van der Waals surface area (Å²) in [5.41, 5.74) is 2.32. The standard InChI is InChI=1S/C24H34N4O4/c1-14(2)21(27-22(30)15(3)25-4)24(32)28-13-17(29)12-20(28)23(31)26-19-11-7-9-16-8-5-6-10-18(16)19/h5-6,8,10,14-15,19-21,25H,7,9,11-13H2,1-4H3,(H,26,31)(H,27,30). The van der Waals surface area contributed by atoms with Crippen molar-refractivity contribution in [3.05, 3.63) is 35.4 Å². The lowest BCUT2D eigenvalue weighted by Gasteiger charge is -2.32. The van der Waals surface area contributed by atoms with Crippen molar-refractivity contribution >= 4 is 23.5 Å². The van der Waals surface area contributed by atoms with Gasteiger partial charge in [0.05, 0.1) is 18.6 Å². The van der Waals surface area contributed by atoms with Gasteiger partial charge in [-0.25, -0.2) is 0 Å². The van der Waals surface area contributed by atoms with Crippen molar-refractivity contribution in [3.63, 3.8) is 0 Å². The molecule has 32 heavy (non-hydrogen) atoms. The van der Waals surface area contributed by atoms with Crippen molar-refractivity contribution in [1.82, 2.24) is 20.9 Å². The van der Waals surface area contributed by atoms with E-state index in [9.17, 15) is 19.2 Å². The van der Waals surface area contributed by atoms with E-state index in [-0.39, 0.29) is 42.5 Å². The summed E-state index contributed by atoms with van der Waals surface area (Å²) in [5, 5.41) is 8.70. The Morgan fingerprint density at radius 1 is 1.12 bits per heavy atom. The molecule has 174 valence electrons. The molecule has 4 atom stereocenters. The van der Waals surface area contributed by atoms with Crippen molar-refractivity contribution in [1.29, 1.82) is 0 Å². The fraction of sp³-hybridized carbons (Fsp3) is 0.583. The summed E-state index contributed by atoms with van der Waals surface area (Å²) in [6.07, 6.45) is 2.77. The maximum Gasteiger partial charge on any atom is 0.246 e. The zero-order chi connectivity index (χ0) is 23.4. The number of hydrogen-bond acceptors (Lipinski definition) is 5. The third kappa shape index (κ3) is 5.18. The summed E-state index contributed by atoms with van der Waals surface area (Å²) >= 11 is 0. The number of rotatable bonds is 7. The third-order valence-corrected chi connectivity index (χ3v) is 6.47. The van der Waals surface area contributed by atoms with Gasteiger partial charge in [0.25, 0.3) is 0 Å². The molecule has 0 spiro atoms. The lowest BCUT2D eigenvalue weighted by molar-refractivity contribution is -0.143. The number of likely N-dealkylation sites (tertiary alicyclic amines) is 1. The first-order chi connectivity index (χ1) is 15.2. The van der Waals surface area contributed by atoms with Gasteiger partial charge in [-0.2, -0.15) is 0 Å². The highest BCUT2D eigenvalue weighted by Crippen LogP contribution is 2.30. The highest BCUT2D eigenvalue weighted by Gasteiger charge is 2.43. The molecule has 4 unspecified atom stereocenters. The Bertz CT molecular complexity index is 885. The van der Waals surface area contributed by atoms with Crippen LogP contribution in [-0.2, 0) is 25.6 Å². The number of benzene rings is 1. The number of nitrogens with zero attached hydrogens (tertiary/aromatic N) is 1. The maximum atomic E-state index is 13.3. The normalized spacial score (nSPS) is 22.3. The number of hydrogen-bond donors (Lipinski definition) is 3. The van der Waals surface area contributed by atoms with E-state index in [1.54, 1.807) is 14.0 Å². The van der Waals surface area contributed by atoms with Gasteiger partial charge in [-0.1, -0.05) is 38.1 Å². The number of amides is 3. The summed E-state index contributed by atoms with van der Waals surface area (Å²) in [7, 11) is 1.67. The monoisotopic (exact) mass is 442 g/mol. The van der Waals surface area contributed by atoms with E-state index in [1.807, 2.05) is 32.0 Å². The summed E-state index contributed by atoms with van der Waals surface area (Å²) in [4.78, 5) is 52.5. The minimum Gasteiger partial charge on any atom is -0.347 e. The van der Waals surface area contributed by atoms with Gasteiger partial charge in [-0.3, -0.25) is 19.2 Å². The number of nitrogens with one attached hydrogen (secondary N) is 3. The average Bonchev–Trinajstić information content (AvgIpc) is 3.18. The van der Waals surface area contributed by atoms with E-state index in [2.05, 4.69) is 22.0 Å². The highest BCUT2D eigenvalue weighted by atomic mass is 16.2. The van der Waals surface area contributed by atoms with Crippen LogP contribution in [0, 0.1) is 5.92 Å². The van der Waals surface area contributed by atoms with Crippen LogP contribution in [0.5, 0.6) is 0 Å². The zero-order valence-corrected chi connectivity index (χ0v) is 19.3. The molecule has 0 aromatic heterocycles. The first-order valence-electron chi connectivity index (χ1n) is 11.4. The SMILES string of the molecule is CNC(C)C(=O)NC(C(=O)N1CC(=O)CC1C(=O)NC1CCCc2ccccc21)C(C)C. The molecule has 8 heteroatoms. The molecule has 1 saturated heterocycles. The number of carbonyl (C=O) groups excluding carboxylic acids is 4. The fourth-order valence-corrected chi connectivity index (χ4v) is 4.43. The minimum atomic E-state index is -0.857. The second kappa shape index (κ2) is 10.3. The van der Waals surface area contributed by atoms with Crippen LogP contribution in [0.3, 0.4) is 0 Å². The van der Waals surface area contributed by atoms with E-state index in [0.717, 1.165) is 24.8 Å². The van der Waals surface area contributed by atoms with E-state index in [0.29, 0.717) is 0 Å². The largest absolute Gasteiger partial charge is 0.347 e. The van der Waals surface area contributed by atoms with Crippen molar-refractivity contribution in [2.45, 2.75) is 70.6 Å². The van der Waals surface area contributed by atoms with Crippen LogP contribution in [0.1, 0.15) is 57.2 Å². The molecule has 1 aliphatic carbocycles. The molecule has 0 bridgehead atoms. The van der Waals surface area contributed by atoms with Gasteiger partial charge in [0.1, 0.15) is 12.1 Å². The van der Waals surface area contributed by atoms with Gasteiger partial charge >= 0.3 is 0 Å². The van der Waals surface area contributed by atoms with Crippen LogP contribution in [0.25, 0.3) is 0 Å². The Morgan fingerprint density at radius 2 is 1.84 bits per heavy atom. The summed E-state index contributed by atoms with van der Waals surface area (Å²) in [6.45, 7) is 5.26. The Morgan fingerprint density at radius 3 is 2.53 bits per heavy atom. The minimum absolute atomic E-state index is 0.00236. The second-order valence-electron chi connectivity index (χ2n) is 9.12. The molecule has 3 rings (SSSR count). The Kier molecular flexibility index (Phi) is 7.66. The maximum absolute atomic E-state index is 13.3. The zero-order valence-electron chi connectivity index (χ0n) is 19.3. The first-order valence-corrected chi connectivity index (χ1v) is 11.4. The average molecular weight is 443 g/mol. The summed E-state index contributed by atoms with van der Waals surface area (Å²) < 4.78 is 0. The van der Waals surface area contributed by atoms with Gasteiger partial charge < -0.3 is 20.9 Å². The van der Waals surface area contributed by atoms with E-state index < -0.39 is 24.0 Å². The van der Waals surface area contributed by atoms with Crippen LogP contribution in [0.15, 0.2) is 24.3 Å². The van der Waals surface area contributed by atoms with Gasteiger partial charge in [0.15, 0.2) is 5.78 Å². The fourth-order valence-electron chi connectivity index (χ4n) is 4.43. The highest BCUT2D eigenvalue weighted by molar-refractivity contribution is 6.01. The van der Waals surface area contributed by atoms with Gasteiger partial charge in [0.2, 0.25) is 17.7 Å². The number of aryl methyl sites for hydroxylation is 1. The topological polar surface area (TPSA) is 108 Å². The first kappa shape index (κ1) is 23.9. The molecule has 1 aliphatic heterocycles. The molecule has 0 radical (unpaired) electrons. The number of carbonyl (C=O) groups is 4. The second-order valence-corrected chi connectivity index (χ2v) is 9.12. The molecule has 1 fully saturated rings. The molecule has 1 aromatic rings. The molecular formula is C24H34N4O4. The van der Waals surface area contributed by atoms with Crippen molar-refractivity contribution in [3.8, 4) is 0 Å². The molecular weight excluding hydrogens is 408 g/mol. The van der Waals surface area contributed by atoms with Crippen LogP contribution < -0.4 is 16.0 Å². The number of ketones is 1. The van der Waals surface area contributed by atoms with Gasteiger partial charge in [0, 0.05) is 6.42 Å². The van der Waals surface area contributed by atoms with Crippen molar-refractivity contribution < 1.29 is 19.2 Å². The smallest absolute Gasteiger partial charge is 0.246 e. The van der Waals surface area contributed by atoms with Crippen molar-refractivity contribution in [2.24, 2.45) is 5.92 Å². The number of fused-ring (bicyclic) bond motifs is 1. The predicted molar refractivity (Wildman–Crippen MR) is 121 cm³/mol. The quantitative estimate of drug-likeness (QED) is 0.586. The molecule has 1 heterocycles. The van der Waals surface area contributed by atoms with E-state index in [1.165, 1.54) is 10.5 Å². The van der Waals surface area contributed by atoms with Crippen LogP contribution >= 0.6 is 0 Å². The Balaban J connectivity index is 1.75. The third-order valence-electron chi connectivity index (χ3n) is 6.47. The lowest BCUT2D eigenvalue weighted by atomic mass is 9.87. The summed E-state index contributed by atoms with van der Waals surface area (Å²) in [6, 6.07) is 5.79. The number of Topliss-reactive ketones (excluding diaryl/α,β-unsaturated/α-hetero) is 1. The molecule has 3 amide bonds. The van der Waals surface area contributed by atoms with E-state index >= 15 is 0 Å². The van der Waals surface area contributed by atoms with Crippen molar-refractivity contribution in [2.75, 3.05) is 13.6 Å². The molecule has 0 saturated carbocycles. The van der Waals surface area contributed by atoms with Gasteiger partial charge in [-0.15, -0.1) is 0 Å². The Labute approximate surface area is 189 Å². The van der Waals surface area contributed by atoms with Crippen LogP contribution in [0.2, 0.25) is 0 Å².